The van der Waals surface area contributed by atoms with Crippen molar-refractivity contribution in [2.75, 3.05) is 20.3 Å². The fraction of sp³-hybridized carbons (Fsp3) is 0.733. The van der Waals surface area contributed by atoms with Gasteiger partial charge in [-0.25, -0.2) is 9.97 Å². The fourth-order valence-corrected chi connectivity index (χ4v) is 3.13. The molecular formula is C15H23N3O2. The van der Waals surface area contributed by atoms with Crippen LogP contribution in [0.3, 0.4) is 0 Å². The van der Waals surface area contributed by atoms with Crippen LogP contribution in [0.5, 0.6) is 0 Å². The second-order valence-electron chi connectivity index (χ2n) is 6.34. The van der Waals surface area contributed by atoms with Crippen molar-refractivity contribution in [1.82, 2.24) is 14.9 Å². The van der Waals surface area contributed by atoms with Gasteiger partial charge in [0.1, 0.15) is 6.61 Å². The highest BCUT2D eigenvalue weighted by atomic mass is 16.5. The predicted octanol–water partition coefficient (Wildman–Crippen LogP) is 1.55. The van der Waals surface area contributed by atoms with Gasteiger partial charge in [-0.15, -0.1) is 0 Å². The van der Waals surface area contributed by atoms with Gasteiger partial charge in [0.2, 0.25) is 0 Å². The summed E-state index contributed by atoms with van der Waals surface area (Å²) in [5.41, 5.74) is 2.45. The summed E-state index contributed by atoms with van der Waals surface area (Å²) in [5, 5.41) is 0. The molecule has 0 bridgehead atoms. The molecule has 0 spiro atoms. The molecule has 1 aromatic rings. The van der Waals surface area contributed by atoms with E-state index in [0.29, 0.717) is 12.6 Å². The molecule has 0 N–H and O–H groups in total. The Morgan fingerprint density at radius 2 is 2.35 bits per heavy atom. The lowest BCUT2D eigenvalue weighted by atomic mass is 9.99. The van der Waals surface area contributed by atoms with E-state index in [-0.39, 0.29) is 5.60 Å². The lowest BCUT2D eigenvalue weighted by molar-refractivity contribution is 0.0323. The molecule has 0 aromatic carbocycles. The van der Waals surface area contributed by atoms with Crippen molar-refractivity contribution in [1.29, 1.82) is 0 Å². The molecule has 0 amide bonds. The van der Waals surface area contributed by atoms with Crippen molar-refractivity contribution in [3.63, 3.8) is 0 Å². The highest BCUT2D eigenvalue weighted by molar-refractivity contribution is 5.21. The first kappa shape index (κ1) is 13.9. The summed E-state index contributed by atoms with van der Waals surface area (Å²) >= 11 is 0. The van der Waals surface area contributed by atoms with E-state index in [1.165, 1.54) is 11.3 Å². The van der Waals surface area contributed by atoms with Crippen molar-refractivity contribution >= 4 is 0 Å². The predicted molar refractivity (Wildman–Crippen MR) is 75.3 cm³/mol. The molecule has 1 saturated heterocycles. The molecule has 0 saturated carbocycles. The Labute approximate surface area is 120 Å². The van der Waals surface area contributed by atoms with Crippen LogP contribution in [0.4, 0.5) is 0 Å². The van der Waals surface area contributed by atoms with Crippen LogP contribution in [0.1, 0.15) is 37.4 Å². The van der Waals surface area contributed by atoms with E-state index in [9.17, 15) is 0 Å². The topological polar surface area (TPSA) is 47.5 Å². The van der Waals surface area contributed by atoms with E-state index in [1.54, 1.807) is 7.11 Å². The molecule has 3 heterocycles. The minimum absolute atomic E-state index is 0.0176. The molecule has 5 nitrogen and oxygen atoms in total. The van der Waals surface area contributed by atoms with Crippen LogP contribution in [-0.2, 0) is 29.0 Å². The summed E-state index contributed by atoms with van der Waals surface area (Å²) in [5.74, 6) is 0.782. The molecule has 110 valence electrons. The molecule has 1 atom stereocenters. The normalized spacial score (nSPS) is 25.6. The van der Waals surface area contributed by atoms with E-state index in [4.69, 9.17) is 9.47 Å². The lowest BCUT2D eigenvalue weighted by Crippen LogP contribution is -2.40. The maximum absolute atomic E-state index is 5.86. The molecule has 2 aliphatic rings. The summed E-state index contributed by atoms with van der Waals surface area (Å²) < 4.78 is 10.9. The molecule has 2 aliphatic heterocycles. The molecule has 0 aliphatic carbocycles. The lowest BCUT2D eigenvalue weighted by Gasteiger charge is -2.32. The number of hydrogen-bond donors (Lipinski definition) is 0. The first-order valence-corrected chi connectivity index (χ1v) is 7.28. The quantitative estimate of drug-likeness (QED) is 0.839. The van der Waals surface area contributed by atoms with Gasteiger partial charge in [0.15, 0.2) is 5.82 Å². The van der Waals surface area contributed by atoms with Gasteiger partial charge in [-0.05, 0) is 20.3 Å². The van der Waals surface area contributed by atoms with Gasteiger partial charge in [0.05, 0.1) is 12.2 Å². The Morgan fingerprint density at radius 1 is 1.50 bits per heavy atom. The molecule has 1 unspecified atom stereocenters. The Bertz CT molecular complexity index is 490. The third-order valence-corrected chi connectivity index (χ3v) is 4.20. The van der Waals surface area contributed by atoms with Gasteiger partial charge in [0.25, 0.3) is 0 Å². The zero-order chi connectivity index (χ0) is 14.2. The third-order valence-electron chi connectivity index (χ3n) is 4.20. The molecule has 3 rings (SSSR count). The van der Waals surface area contributed by atoms with Gasteiger partial charge in [-0.2, -0.15) is 0 Å². The second kappa shape index (κ2) is 5.39. The van der Waals surface area contributed by atoms with Crippen LogP contribution in [0.15, 0.2) is 6.20 Å². The first-order chi connectivity index (χ1) is 9.57. The van der Waals surface area contributed by atoms with Gasteiger partial charge in [0, 0.05) is 50.1 Å². The Kier molecular flexibility index (Phi) is 3.75. The Balaban J connectivity index is 1.70. The van der Waals surface area contributed by atoms with Crippen molar-refractivity contribution in [3.8, 4) is 0 Å². The standard InChI is InChI=1S/C15H23N3O2/c1-15(2)6-12(9-20-15)18-5-4-13-11(8-18)7-16-14(17-13)10-19-3/h7,12H,4-6,8-10H2,1-3H3. The Morgan fingerprint density at radius 3 is 3.05 bits per heavy atom. The zero-order valence-corrected chi connectivity index (χ0v) is 12.6. The molecule has 1 fully saturated rings. The molecule has 20 heavy (non-hydrogen) atoms. The average Bonchev–Trinajstić information content (AvgIpc) is 2.79. The molecule has 1 aromatic heterocycles. The first-order valence-electron chi connectivity index (χ1n) is 7.28. The molecular weight excluding hydrogens is 254 g/mol. The van der Waals surface area contributed by atoms with Gasteiger partial charge < -0.3 is 9.47 Å². The second-order valence-corrected chi connectivity index (χ2v) is 6.34. The minimum atomic E-state index is 0.0176. The summed E-state index contributed by atoms with van der Waals surface area (Å²) in [6.45, 7) is 7.66. The van der Waals surface area contributed by atoms with E-state index in [2.05, 4.69) is 28.7 Å². The fourth-order valence-electron chi connectivity index (χ4n) is 3.13. The number of rotatable bonds is 3. The van der Waals surface area contributed by atoms with Crippen molar-refractivity contribution < 1.29 is 9.47 Å². The van der Waals surface area contributed by atoms with E-state index in [0.717, 1.165) is 38.4 Å². The van der Waals surface area contributed by atoms with Crippen LogP contribution < -0.4 is 0 Å². The maximum atomic E-state index is 5.86. The van der Waals surface area contributed by atoms with Gasteiger partial charge >= 0.3 is 0 Å². The largest absolute Gasteiger partial charge is 0.377 e. The highest BCUT2D eigenvalue weighted by Gasteiger charge is 2.36. The minimum Gasteiger partial charge on any atom is -0.377 e. The van der Waals surface area contributed by atoms with E-state index < -0.39 is 0 Å². The maximum Gasteiger partial charge on any atom is 0.154 e. The van der Waals surface area contributed by atoms with E-state index >= 15 is 0 Å². The summed E-state index contributed by atoms with van der Waals surface area (Å²) in [6, 6.07) is 0.525. The summed E-state index contributed by atoms with van der Waals surface area (Å²) in [4.78, 5) is 11.5. The number of aromatic nitrogens is 2. The van der Waals surface area contributed by atoms with Crippen molar-refractivity contribution in [2.45, 2.75) is 51.5 Å². The summed E-state index contributed by atoms with van der Waals surface area (Å²) in [7, 11) is 1.67. The van der Waals surface area contributed by atoms with Gasteiger partial charge in [-0.3, -0.25) is 4.90 Å². The van der Waals surface area contributed by atoms with Crippen LogP contribution >= 0.6 is 0 Å². The average molecular weight is 277 g/mol. The van der Waals surface area contributed by atoms with Crippen LogP contribution in [0.25, 0.3) is 0 Å². The highest BCUT2D eigenvalue weighted by Crippen LogP contribution is 2.30. The number of fused-ring (bicyclic) bond motifs is 1. The number of methoxy groups -OCH3 is 1. The van der Waals surface area contributed by atoms with E-state index in [1.807, 2.05) is 6.20 Å². The number of nitrogens with zero attached hydrogens (tertiary/aromatic N) is 3. The number of hydrogen-bond acceptors (Lipinski definition) is 5. The monoisotopic (exact) mass is 277 g/mol. The van der Waals surface area contributed by atoms with Crippen LogP contribution in [-0.4, -0.2) is 46.8 Å². The van der Waals surface area contributed by atoms with Crippen molar-refractivity contribution in [2.24, 2.45) is 0 Å². The molecule has 0 radical (unpaired) electrons. The van der Waals surface area contributed by atoms with Gasteiger partial charge in [-0.1, -0.05) is 0 Å². The third kappa shape index (κ3) is 2.85. The SMILES string of the molecule is COCc1ncc2c(n1)CCN(C1COC(C)(C)C1)C2. The molecule has 5 heteroatoms. The van der Waals surface area contributed by atoms with Crippen LogP contribution in [0.2, 0.25) is 0 Å². The van der Waals surface area contributed by atoms with Crippen LogP contribution in [0, 0.1) is 0 Å². The van der Waals surface area contributed by atoms with Crippen molar-refractivity contribution in [3.05, 3.63) is 23.3 Å². The Hall–Kier alpha value is -1.04. The smallest absolute Gasteiger partial charge is 0.154 e. The number of ether oxygens (including phenoxy) is 2. The zero-order valence-electron chi connectivity index (χ0n) is 12.6. The summed E-state index contributed by atoms with van der Waals surface area (Å²) in [6.07, 6.45) is 4.06.